The van der Waals surface area contributed by atoms with E-state index < -0.39 is 11.5 Å². The molecule has 2 heterocycles. The highest BCUT2D eigenvalue weighted by atomic mass is 32.1. The molecule has 0 unspecified atom stereocenters. The maximum atomic E-state index is 13.5. The first-order chi connectivity index (χ1) is 14.0. The summed E-state index contributed by atoms with van der Waals surface area (Å²) < 4.78 is 21.2. The van der Waals surface area contributed by atoms with Gasteiger partial charge in [-0.05, 0) is 41.1 Å². The molecule has 2 aromatic heterocycles. The van der Waals surface area contributed by atoms with Crippen molar-refractivity contribution in [1.82, 2.24) is 4.57 Å². The number of carbonyl (C=O) groups excluding carboxylic acids is 1. The maximum absolute atomic E-state index is 13.5. The van der Waals surface area contributed by atoms with Gasteiger partial charge in [0.1, 0.15) is 17.0 Å². The highest BCUT2D eigenvalue weighted by molar-refractivity contribution is 7.16. The summed E-state index contributed by atoms with van der Waals surface area (Å²) in [4.78, 5) is 29.7. The van der Waals surface area contributed by atoms with Gasteiger partial charge in [-0.3, -0.25) is 4.79 Å². The molecular formula is C22H13FN2O3S. The number of nitrogens with zero attached hydrogens (tertiary/aromatic N) is 2. The minimum atomic E-state index is -0.740. The third-order valence-electron chi connectivity index (χ3n) is 4.84. The normalized spacial score (nSPS) is 12.3. The summed E-state index contributed by atoms with van der Waals surface area (Å²) in [5, 5.41) is 2.52. The van der Waals surface area contributed by atoms with E-state index in [-0.39, 0.29) is 11.4 Å². The highest BCUT2D eigenvalue weighted by Crippen LogP contribution is 2.25. The molecule has 0 spiro atoms. The van der Waals surface area contributed by atoms with Crippen molar-refractivity contribution in [1.29, 1.82) is 0 Å². The summed E-state index contributed by atoms with van der Waals surface area (Å²) in [6.45, 7) is 0. The van der Waals surface area contributed by atoms with Gasteiger partial charge >= 0.3 is 5.63 Å². The second kappa shape index (κ2) is 6.49. The second-order valence-corrected chi connectivity index (χ2v) is 7.63. The van der Waals surface area contributed by atoms with Crippen LogP contribution in [0.4, 0.5) is 4.39 Å². The lowest BCUT2D eigenvalue weighted by Gasteiger charge is -2.03. The first-order valence-electron chi connectivity index (χ1n) is 8.81. The van der Waals surface area contributed by atoms with Crippen LogP contribution in [-0.4, -0.2) is 10.5 Å². The van der Waals surface area contributed by atoms with Gasteiger partial charge in [-0.25, -0.2) is 9.18 Å². The molecule has 0 bridgehead atoms. The van der Waals surface area contributed by atoms with Gasteiger partial charge in [0.15, 0.2) is 4.80 Å². The van der Waals surface area contributed by atoms with Gasteiger partial charge in [0.25, 0.3) is 5.91 Å². The molecule has 7 heteroatoms. The van der Waals surface area contributed by atoms with Crippen molar-refractivity contribution in [3.05, 3.63) is 87.3 Å². The fourth-order valence-corrected chi connectivity index (χ4v) is 4.42. The SMILES string of the molecule is Cn1c(=NC(=O)c2cc3c(ccc4ccccc43)oc2=O)sc2cc(F)ccc21. The number of hydrogen-bond acceptors (Lipinski definition) is 4. The molecular weight excluding hydrogens is 391 g/mol. The van der Waals surface area contributed by atoms with Crippen LogP contribution in [0.2, 0.25) is 0 Å². The average Bonchev–Trinajstić information content (AvgIpc) is 3.01. The minimum Gasteiger partial charge on any atom is -0.422 e. The molecule has 0 atom stereocenters. The van der Waals surface area contributed by atoms with Crippen LogP contribution in [-0.2, 0) is 7.05 Å². The topological polar surface area (TPSA) is 64.6 Å². The van der Waals surface area contributed by atoms with Crippen LogP contribution in [0.15, 0.2) is 74.9 Å². The van der Waals surface area contributed by atoms with Gasteiger partial charge < -0.3 is 8.98 Å². The van der Waals surface area contributed by atoms with Crippen LogP contribution in [0.25, 0.3) is 32.0 Å². The zero-order valence-electron chi connectivity index (χ0n) is 15.2. The molecule has 3 aromatic carbocycles. The van der Waals surface area contributed by atoms with Crippen molar-refractivity contribution >= 4 is 49.2 Å². The van der Waals surface area contributed by atoms with E-state index in [1.54, 1.807) is 23.7 Å². The van der Waals surface area contributed by atoms with Crippen molar-refractivity contribution in [3.63, 3.8) is 0 Å². The number of rotatable bonds is 1. The number of aromatic nitrogens is 1. The van der Waals surface area contributed by atoms with E-state index in [0.717, 1.165) is 16.3 Å². The first-order valence-corrected chi connectivity index (χ1v) is 9.63. The molecule has 5 nitrogen and oxygen atoms in total. The lowest BCUT2D eigenvalue weighted by atomic mass is 10.0. The molecule has 0 aliphatic carbocycles. The van der Waals surface area contributed by atoms with Crippen LogP contribution < -0.4 is 10.4 Å². The third-order valence-corrected chi connectivity index (χ3v) is 5.94. The summed E-state index contributed by atoms with van der Waals surface area (Å²) in [6.07, 6.45) is 0. The Labute approximate surface area is 167 Å². The Hall–Kier alpha value is -3.58. The molecule has 0 saturated carbocycles. The number of carbonyl (C=O) groups is 1. The van der Waals surface area contributed by atoms with Crippen molar-refractivity contribution in [3.8, 4) is 0 Å². The average molecular weight is 404 g/mol. The summed E-state index contributed by atoms with van der Waals surface area (Å²) >= 11 is 1.18. The molecule has 0 saturated heterocycles. The van der Waals surface area contributed by atoms with E-state index in [1.165, 1.54) is 29.5 Å². The van der Waals surface area contributed by atoms with Crippen molar-refractivity contribution in [2.45, 2.75) is 0 Å². The Kier molecular flexibility index (Phi) is 3.92. The number of thiazole rings is 1. The Morgan fingerprint density at radius 3 is 2.76 bits per heavy atom. The van der Waals surface area contributed by atoms with Crippen molar-refractivity contribution in [2.24, 2.45) is 12.0 Å². The quantitative estimate of drug-likeness (QED) is 0.308. The zero-order valence-corrected chi connectivity index (χ0v) is 16.0. The molecule has 5 rings (SSSR count). The van der Waals surface area contributed by atoms with Crippen LogP contribution in [0, 0.1) is 5.82 Å². The predicted molar refractivity (Wildman–Crippen MR) is 111 cm³/mol. The van der Waals surface area contributed by atoms with E-state index in [4.69, 9.17) is 4.42 Å². The summed E-state index contributed by atoms with van der Waals surface area (Å²) in [5.74, 6) is -1.06. The van der Waals surface area contributed by atoms with E-state index >= 15 is 0 Å². The molecule has 5 aromatic rings. The van der Waals surface area contributed by atoms with Crippen LogP contribution in [0.1, 0.15) is 10.4 Å². The van der Waals surface area contributed by atoms with Crippen LogP contribution in [0.3, 0.4) is 0 Å². The fourth-order valence-electron chi connectivity index (χ4n) is 3.38. The standard InChI is InChI=1S/C22H13FN2O3S/c1-25-17-8-7-13(23)10-19(17)29-22(25)24-20(26)16-11-15-14-5-3-2-4-12(14)6-9-18(15)28-21(16)27/h2-11H,1H3. The lowest BCUT2D eigenvalue weighted by Crippen LogP contribution is -2.17. The zero-order chi connectivity index (χ0) is 20.1. The van der Waals surface area contributed by atoms with Gasteiger partial charge in [-0.1, -0.05) is 41.7 Å². The molecule has 0 fully saturated rings. The number of aryl methyl sites for hydroxylation is 1. The first kappa shape index (κ1) is 17.5. The maximum Gasteiger partial charge on any atom is 0.349 e. The molecule has 0 aliphatic heterocycles. The predicted octanol–water partition coefficient (Wildman–Crippen LogP) is 4.38. The molecule has 142 valence electrons. The summed E-state index contributed by atoms with van der Waals surface area (Å²) in [5.41, 5.74) is 0.279. The smallest absolute Gasteiger partial charge is 0.349 e. The number of hydrogen-bond donors (Lipinski definition) is 0. The minimum absolute atomic E-state index is 0.141. The monoisotopic (exact) mass is 404 g/mol. The van der Waals surface area contributed by atoms with Crippen LogP contribution >= 0.6 is 11.3 Å². The van der Waals surface area contributed by atoms with Crippen molar-refractivity contribution < 1.29 is 13.6 Å². The molecule has 29 heavy (non-hydrogen) atoms. The number of benzene rings is 3. The molecule has 0 aliphatic rings. The Morgan fingerprint density at radius 1 is 1.07 bits per heavy atom. The second-order valence-electron chi connectivity index (χ2n) is 6.62. The summed E-state index contributed by atoms with van der Waals surface area (Å²) in [7, 11) is 1.74. The van der Waals surface area contributed by atoms with Gasteiger partial charge in [0.2, 0.25) is 0 Å². The van der Waals surface area contributed by atoms with E-state index in [0.29, 0.717) is 20.5 Å². The number of fused-ring (bicyclic) bond motifs is 4. The van der Waals surface area contributed by atoms with E-state index in [9.17, 15) is 14.0 Å². The van der Waals surface area contributed by atoms with Gasteiger partial charge in [-0.15, -0.1) is 0 Å². The van der Waals surface area contributed by atoms with Crippen molar-refractivity contribution in [2.75, 3.05) is 0 Å². The third kappa shape index (κ3) is 2.87. The van der Waals surface area contributed by atoms with Gasteiger partial charge in [-0.2, -0.15) is 4.99 Å². The van der Waals surface area contributed by atoms with Crippen LogP contribution in [0.5, 0.6) is 0 Å². The van der Waals surface area contributed by atoms with E-state index in [2.05, 4.69) is 4.99 Å². The van der Waals surface area contributed by atoms with E-state index in [1.807, 2.05) is 30.3 Å². The lowest BCUT2D eigenvalue weighted by molar-refractivity contribution is 0.0994. The largest absolute Gasteiger partial charge is 0.422 e. The summed E-state index contributed by atoms with van der Waals surface area (Å²) in [6, 6.07) is 17.1. The Balaban J connectivity index is 1.71. The molecule has 1 amide bonds. The van der Waals surface area contributed by atoms with Gasteiger partial charge in [0, 0.05) is 12.4 Å². The molecule has 0 N–H and O–H groups in total. The number of halogens is 1. The highest BCUT2D eigenvalue weighted by Gasteiger charge is 2.15. The van der Waals surface area contributed by atoms with Gasteiger partial charge in [0.05, 0.1) is 10.2 Å². The Morgan fingerprint density at radius 2 is 1.90 bits per heavy atom. The number of amides is 1. The fraction of sp³-hybridized carbons (Fsp3) is 0.0455. The molecule has 0 radical (unpaired) electrons. The Bertz CT molecular complexity index is 1580.